The van der Waals surface area contributed by atoms with E-state index >= 15 is 0 Å². The summed E-state index contributed by atoms with van der Waals surface area (Å²) in [5.41, 5.74) is -0.0822. The van der Waals surface area contributed by atoms with Gasteiger partial charge in [0.2, 0.25) is 5.91 Å². The highest BCUT2D eigenvalue weighted by Crippen LogP contribution is 2.15. The van der Waals surface area contributed by atoms with Gasteiger partial charge in [0.25, 0.3) is 0 Å². The topological polar surface area (TPSA) is 44.4 Å². The van der Waals surface area contributed by atoms with E-state index in [4.69, 9.17) is 0 Å². The highest BCUT2D eigenvalue weighted by Gasteiger charge is 2.25. The van der Waals surface area contributed by atoms with Crippen LogP contribution >= 0.6 is 0 Å². The highest BCUT2D eigenvalue weighted by molar-refractivity contribution is 5.78. The Balaban J connectivity index is 2.28. The summed E-state index contributed by atoms with van der Waals surface area (Å²) < 4.78 is 0. The van der Waals surface area contributed by atoms with Crippen molar-refractivity contribution < 1.29 is 4.79 Å². The molecular weight excluding hydrogens is 214 g/mol. The zero-order valence-electron chi connectivity index (χ0n) is 11.7. The zero-order chi connectivity index (χ0) is 12.9. The van der Waals surface area contributed by atoms with Crippen LogP contribution in [0, 0.1) is 5.92 Å². The number of nitrogens with one attached hydrogen (secondary N) is 2. The molecule has 1 aliphatic rings. The maximum absolute atomic E-state index is 11.9. The molecule has 1 fully saturated rings. The number of nitrogens with zero attached hydrogens (tertiary/aromatic N) is 1. The first-order valence-corrected chi connectivity index (χ1v) is 6.65. The quantitative estimate of drug-likeness (QED) is 0.724. The number of carbonyl (C=O) groups excluding carboxylic acids is 1. The van der Waals surface area contributed by atoms with Gasteiger partial charge in [0, 0.05) is 12.1 Å². The molecule has 0 spiro atoms. The van der Waals surface area contributed by atoms with Crippen molar-refractivity contribution in [1.82, 2.24) is 15.5 Å². The molecule has 1 unspecified atom stereocenters. The van der Waals surface area contributed by atoms with Gasteiger partial charge in [-0.2, -0.15) is 0 Å². The number of hydrogen-bond donors (Lipinski definition) is 2. The van der Waals surface area contributed by atoms with Crippen molar-refractivity contribution in [3.8, 4) is 0 Å². The SMILES string of the molecule is CCC(C)(C)NC(=O)CN1CCC(CNC)C1. The van der Waals surface area contributed by atoms with E-state index in [0.29, 0.717) is 12.5 Å². The average Bonchev–Trinajstić information content (AvgIpc) is 2.65. The predicted molar refractivity (Wildman–Crippen MR) is 71.0 cm³/mol. The maximum atomic E-state index is 11.9. The highest BCUT2D eigenvalue weighted by atomic mass is 16.2. The van der Waals surface area contributed by atoms with Gasteiger partial charge in [-0.3, -0.25) is 9.69 Å². The lowest BCUT2D eigenvalue weighted by Crippen LogP contribution is -2.47. The fraction of sp³-hybridized carbons (Fsp3) is 0.923. The number of rotatable bonds is 6. The van der Waals surface area contributed by atoms with E-state index in [2.05, 4.69) is 36.3 Å². The number of carbonyl (C=O) groups is 1. The fourth-order valence-corrected chi connectivity index (χ4v) is 2.22. The first kappa shape index (κ1) is 14.5. The normalized spacial score (nSPS) is 21.8. The Morgan fingerprint density at radius 3 is 2.76 bits per heavy atom. The summed E-state index contributed by atoms with van der Waals surface area (Å²) in [6.45, 7) is 9.92. The second kappa shape index (κ2) is 6.36. The summed E-state index contributed by atoms with van der Waals surface area (Å²) in [4.78, 5) is 14.1. The van der Waals surface area contributed by atoms with E-state index < -0.39 is 0 Å². The van der Waals surface area contributed by atoms with Crippen LogP contribution in [-0.4, -0.2) is 49.6 Å². The van der Waals surface area contributed by atoms with Crippen LogP contribution < -0.4 is 10.6 Å². The lowest BCUT2D eigenvalue weighted by Gasteiger charge is -2.26. The second-order valence-corrected chi connectivity index (χ2v) is 5.73. The van der Waals surface area contributed by atoms with Gasteiger partial charge < -0.3 is 10.6 Å². The predicted octanol–water partition coefficient (Wildman–Crippen LogP) is 0.833. The minimum Gasteiger partial charge on any atom is -0.350 e. The van der Waals surface area contributed by atoms with Crippen molar-refractivity contribution in [2.75, 3.05) is 33.2 Å². The fourth-order valence-electron chi connectivity index (χ4n) is 2.22. The second-order valence-electron chi connectivity index (χ2n) is 5.73. The molecule has 2 N–H and O–H groups in total. The Hall–Kier alpha value is -0.610. The Morgan fingerprint density at radius 2 is 2.18 bits per heavy atom. The molecule has 0 aromatic rings. The van der Waals surface area contributed by atoms with E-state index in [9.17, 15) is 4.79 Å². The lowest BCUT2D eigenvalue weighted by atomic mass is 10.0. The van der Waals surface area contributed by atoms with Crippen molar-refractivity contribution in [3.05, 3.63) is 0 Å². The molecule has 0 radical (unpaired) electrons. The first-order chi connectivity index (χ1) is 7.96. The van der Waals surface area contributed by atoms with E-state index in [1.54, 1.807) is 0 Å². The summed E-state index contributed by atoms with van der Waals surface area (Å²) in [7, 11) is 1.99. The molecule has 1 saturated heterocycles. The van der Waals surface area contributed by atoms with E-state index in [1.165, 1.54) is 6.42 Å². The Kier molecular flexibility index (Phi) is 5.40. The molecule has 100 valence electrons. The third-order valence-corrected chi connectivity index (χ3v) is 3.59. The van der Waals surface area contributed by atoms with E-state index in [1.807, 2.05) is 7.05 Å². The zero-order valence-corrected chi connectivity index (χ0v) is 11.7. The Morgan fingerprint density at radius 1 is 1.47 bits per heavy atom. The minimum atomic E-state index is -0.0822. The molecule has 0 saturated carbocycles. The molecular formula is C13H27N3O. The van der Waals surface area contributed by atoms with Gasteiger partial charge in [-0.15, -0.1) is 0 Å². The maximum Gasteiger partial charge on any atom is 0.234 e. The number of hydrogen-bond acceptors (Lipinski definition) is 3. The van der Waals surface area contributed by atoms with Gasteiger partial charge >= 0.3 is 0 Å². The summed E-state index contributed by atoms with van der Waals surface area (Å²) >= 11 is 0. The smallest absolute Gasteiger partial charge is 0.234 e. The summed E-state index contributed by atoms with van der Waals surface area (Å²) in [6, 6.07) is 0. The first-order valence-electron chi connectivity index (χ1n) is 6.65. The average molecular weight is 241 g/mol. The Bertz CT molecular complexity index is 253. The number of amides is 1. The molecule has 4 heteroatoms. The van der Waals surface area contributed by atoms with Crippen LogP contribution in [0.15, 0.2) is 0 Å². The third-order valence-electron chi connectivity index (χ3n) is 3.59. The summed E-state index contributed by atoms with van der Waals surface area (Å²) in [5, 5.41) is 6.29. The van der Waals surface area contributed by atoms with E-state index in [-0.39, 0.29) is 11.4 Å². The largest absolute Gasteiger partial charge is 0.350 e. The standard InChI is InChI=1S/C13H27N3O/c1-5-13(2,3)15-12(17)10-16-7-6-11(9-16)8-14-4/h11,14H,5-10H2,1-4H3,(H,15,17). The van der Waals surface area contributed by atoms with Gasteiger partial charge in [0.05, 0.1) is 6.54 Å². The molecule has 1 aliphatic heterocycles. The monoisotopic (exact) mass is 241 g/mol. The van der Waals surface area contributed by atoms with Crippen LogP contribution in [0.3, 0.4) is 0 Å². The summed E-state index contributed by atoms with van der Waals surface area (Å²) in [6.07, 6.45) is 2.16. The van der Waals surface area contributed by atoms with Gasteiger partial charge in [0.1, 0.15) is 0 Å². The molecule has 1 atom stereocenters. The molecule has 17 heavy (non-hydrogen) atoms. The summed E-state index contributed by atoms with van der Waals surface area (Å²) in [5.74, 6) is 0.856. The molecule has 1 rings (SSSR count). The van der Waals surface area contributed by atoms with E-state index in [0.717, 1.165) is 26.1 Å². The molecule has 0 bridgehead atoms. The van der Waals surface area contributed by atoms with Crippen LogP contribution in [0.1, 0.15) is 33.6 Å². The number of likely N-dealkylation sites (tertiary alicyclic amines) is 1. The van der Waals surface area contributed by atoms with Crippen LogP contribution in [0.25, 0.3) is 0 Å². The van der Waals surface area contributed by atoms with Crippen LogP contribution in [0.2, 0.25) is 0 Å². The van der Waals surface area contributed by atoms with Crippen molar-refractivity contribution in [3.63, 3.8) is 0 Å². The lowest BCUT2D eigenvalue weighted by molar-refractivity contribution is -0.123. The van der Waals surface area contributed by atoms with Crippen molar-refractivity contribution in [2.24, 2.45) is 5.92 Å². The van der Waals surface area contributed by atoms with Crippen molar-refractivity contribution in [2.45, 2.75) is 39.2 Å². The minimum absolute atomic E-state index is 0.0822. The van der Waals surface area contributed by atoms with Crippen LogP contribution in [0.4, 0.5) is 0 Å². The Labute approximate surface area is 105 Å². The van der Waals surface area contributed by atoms with Crippen LogP contribution in [0.5, 0.6) is 0 Å². The molecule has 4 nitrogen and oxygen atoms in total. The van der Waals surface area contributed by atoms with Gasteiger partial charge in [-0.25, -0.2) is 0 Å². The molecule has 0 aromatic heterocycles. The molecule has 1 amide bonds. The van der Waals surface area contributed by atoms with Gasteiger partial charge in [-0.05, 0) is 52.7 Å². The van der Waals surface area contributed by atoms with Gasteiger partial charge in [-0.1, -0.05) is 6.92 Å². The van der Waals surface area contributed by atoms with Crippen LogP contribution in [-0.2, 0) is 4.79 Å². The third kappa shape index (κ3) is 5.04. The molecule has 0 aromatic carbocycles. The molecule has 0 aliphatic carbocycles. The van der Waals surface area contributed by atoms with Crippen molar-refractivity contribution >= 4 is 5.91 Å². The van der Waals surface area contributed by atoms with Gasteiger partial charge in [0.15, 0.2) is 0 Å². The molecule has 1 heterocycles. The van der Waals surface area contributed by atoms with Crippen molar-refractivity contribution in [1.29, 1.82) is 0 Å².